The SMILES string of the molecule is COc1c(F)cccc1-c1noc([C@@H]2CCCN2C(=O)c2ccc(C(F)(F)F)cc2-n2nccn2)n1. The number of carbonyl (C=O) groups excluding carboxylic acids is 1. The van der Waals surface area contributed by atoms with Crippen LogP contribution in [0.15, 0.2) is 53.3 Å². The van der Waals surface area contributed by atoms with Crippen molar-refractivity contribution in [3.8, 4) is 22.8 Å². The number of ether oxygens (including phenoxy) is 1. The van der Waals surface area contributed by atoms with Gasteiger partial charge in [-0.3, -0.25) is 4.79 Å². The van der Waals surface area contributed by atoms with Gasteiger partial charge in [0, 0.05) is 6.54 Å². The molecule has 0 aliphatic carbocycles. The molecule has 0 bridgehead atoms. The van der Waals surface area contributed by atoms with Crippen molar-refractivity contribution in [2.45, 2.75) is 25.1 Å². The Morgan fingerprint density at radius 1 is 1.17 bits per heavy atom. The Kier molecular flexibility index (Phi) is 5.90. The number of likely N-dealkylation sites (tertiary alicyclic amines) is 1. The summed E-state index contributed by atoms with van der Waals surface area (Å²) in [6.45, 7) is 0.317. The number of hydrogen-bond donors (Lipinski definition) is 0. The minimum absolute atomic E-state index is 0.0161. The van der Waals surface area contributed by atoms with Crippen LogP contribution in [-0.4, -0.2) is 49.6 Å². The number of aromatic nitrogens is 5. The van der Waals surface area contributed by atoms with E-state index in [0.717, 1.165) is 23.0 Å². The zero-order valence-corrected chi connectivity index (χ0v) is 18.7. The van der Waals surface area contributed by atoms with E-state index >= 15 is 0 Å². The Labute approximate surface area is 201 Å². The molecule has 1 atom stereocenters. The molecule has 2 aromatic carbocycles. The first kappa shape index (κ1) is 23.5. The van der Waals surface area contributed by atoms with Gasteiger partial charge in [0.1, 0.15) is 6.04 Å². The van der Waals surface area contributed by atoms with Crippen molar-refractivity contribution in [2.75, 3.05) is 13.7 Å². The van der Waals surface area contributed by atoms with Crippen molar-refractivity contribution in [3.05, 3.63) is 71.6 Å². The Balaban J connectivity index is 1.49. The number of halogens is 4. The van der Waals surface area contributed by atoms with Crippen LogP contribution in [0.1, 0.15) is 40.7 Å². The molecule has 36 heavy (non-hydrogen) atoms. The van der Waals surface area contributed by atoms with E-state index in [1.165, 1.54) is 36.5 Å². The summed E-state index contributed by atoms with van der Waals surface area (Å²) in [5.74, 6) is -0.988. The van der Waals surface area contributed by atoms with Gasteiger partial charge in [-0.25, -0.2) is 4.39 Å². The standard InChI is InChI=1S/C23H18F4N6O3/c1-35-19-15(4-2-5-16(19)24)20-30-21(36-31-20)17-6-3-11-32(17)22(34)14-8-7-13(23(25,26)27)12-18(14)33-28-9-10-29-33/h2,4-5,7-10,12,17H,3,6,11H2,1H3/t17-/m0/s1. The number of rotatable bonds is 5. The molecule has 1 amide bonds. The van der Waals surface area contributed by atoms with Crippen LogP contribution in [0.3, 0.4) is 0 Å². The molecule has 1 fully saturated rings. The quantitative estimate of drug-likeness (QED) is 0.372. The largest absolute Gasteiger partial charge is 0.493 e. The summed E-state index contributed by atoms with van der Waals surface area (Å²) < 4.78 is 64.7. The Bertz CT molecular complexity index is 1400. The predicted molar refractivity (Wildman–Crippen MR) is 116 cm³/mol. The number of hydrogen-bond acceptors (Lipinski definition) is 7. The van der Waals surface area contributed by atoms with Crippen molar-refractivity contribution >= 4 is 5.91 Å². The molecule has 1 aliphatic heterocycles. The van der Waals surface area contributed by atoms with E-state index in [4.69, 9.17) is 9.26 Å². The summed E-state index contributed by atoms with van der Waals surface area (Å²) in [6.07, 6.45) is -0.920. The van der Waals surface area contributed by atoms with Crippen LogP contribution >= 0.6 is 0 Å². The van der Waals surface area contributed by atoms with Gasteiger partial charge in [-0.15, -0.1) is 0 Å². The van der Waals surface area contributed by atoms with Crippen LogP contribution in [0.4, 0.5) is 17.6 Å². The van der Waals surface area contributed by atoms with Crippen LogP contribution in [-0.2, 0) is 6.18 Å². The molecule has 186 valence electrons. The molecule has 3 heterocycles. The van der Waals surface area contributed by atoms with Crippen LogP contribution < -0.4 is 4.74 Å². The van der Waals surface area contributed by atoms with E-state index in [1.54, 1.807) is 6.07 Å². The summed E-state index contributed by atoms with van der Waals surface area (Å²) in [6, 6.07) is 6.43. The number of benzene rings is 2. The summed E-state index contributed by atoms with van der Waals surface area (Å²) in [5.41, 5.74) is -0.785. The number of carbonyl (C=O) groups is 1. The third-order valence-corrected chi connectivity index (χ3v) is 5.84. The van der Waals surface area contributed by atoms with Gasteiger partial charge in [-0.05, 0) is 43.2 Å². The monoisotopic (exact) mass is 502 g/mol. The van der Waals surface area contributed by atoms with Crippen LogP contribution in [0.25, 0.3) is 17.1 Å². The molecule has 0 radical (unpaired) electrons. The minimum Gasteiger partial charge on any atom is -0.493 e. The maximum absolute atomic E-state index is 14.1. The van der Waals surface area contributed by atoms with Crippen LogP contribution in [0, 0.1) is 5.82 Å². The molecule has 0 unspecified atom stereocenters. The third kappa shape index (κ3) is 4.16. The van der Waals surface area contributed by atoms with E-state index in [0.29, 0.717) is 19.4 Å². The second-order valence-corrected chi connectivity index (χ2v) is 7.98. The highest BCUT2D eigenvalue weighted by molar-refractivity contribution is 5.98. The average molecular weight is 502 g/mol. The number of methoxy groups -OCH3 is 1. The molecule has 13 heteroatoms. The van der Waals surface area contributed by atoms with Gasteiger partial charge in [0.25, 0.3) is 5.91 Å². The number of para-hydroxylation sites is 1. The van der Waals surface area contributed by atoms with E-state index in [-0.39, 0.29) is 34.3 Å². The topological polar surface area (TPSA) is 99.2 Å². The molecular weight excluding hydrogens is 484 g/mol. The molecule has 0 spiro atoms. The van der Waals surface area contributed by atoms with Gasteiger partial charge >= 0.3 is 6.18 Å². The Morgan fingerprint density at radius 2 is 1.94 bits per heavy atom. The molecule has 9 nitrogen and oxygen atoms in total. The molecular formula is C23H18F4N6O3. The van der Waals surface area contributed by atoms with E-state index < -0.39 is 29.5 Å². The normalized spacial score (nSPS) is 15.9. The van der Waals surface area contributed by atoms with Crippen molar-refractivity contribution < 1.29 is 31.6 Å². The lowest BCUT2D eigenvalue weighted by Crippen LogP contribution is -2.32. The van der Waals surface area contributed by atoms with Crippen LogP contribution in [0.5, 0.6) is 5.75 Å². The molecule has 0 saturated carbocycles. The van der Waals surface area contributed by atoms with Crippen molar-refractivity contribution in [2.24, 2.45) is 0 Å². The maximum Gasteiger partial charge on any atom is 0.416 e. The highest BCUT2D eigenvalue weighted by atomic mass is 19.4. The fourth-order valence-corrected chi connectivity index (χ4v) is 4.19. The second kappa shape index (κ2) is 9.06. The minimum atomic E-state index is -4.61. The highest BCUT2D eigenvalue weighted by Crippen LogP contribution is 2.37. The van der Waals surface area contributed by atoms with Crippen molar-refractivity contribution in [1.82, 2.24) is 30.0 Å². The van der Waals surface area contributed by atoms with Gasteiger partial charge in [0.2, 0.25) is 11.7 Å². The molecule has 5 rings (SSSR count). The van der Waals surface area contributed by atoms with E-state index in [1.807, 2.05) is 0 Å². The zero-order valence-electron chi connectivity index (χ0n) is 18.7. The Hall–Kier alpha value is -4.29. The molecule has 1 aliphatic rings. The van der Waals surface area contributed by atoms with Gasteiger partial charge < -0.3 is 14.2 Å². The van der Waals surface area contributed by atoms with Crippen molar-refractivity contribution in [3.63, 3.8) is 0 Å². The van der Waals surface area contributed by atoms with Gasteiger partial charge in [-0.1, -0.05) is 11.2 Å². The lowest BCUT2D eigenvalue weighted by atomic mass is 10.1. The fraction of sp³-hybridized carbons (Fsp3) is 0.261. The van der Waals surface area contributed by atoms with Gasteiger partial charge in [-0.2, -0.15) is 33.1 Å². The summed E-state index contributed by atoms with van der Waals surface area (Å²) in [4.78, 5) is 20.3. The first-order chi connectivity index (χ1) is 17.3. The van der Waals surface area contributed by atoms with Crippen molar-refractivity contribution in [1.29, 1.82) is 0 Å². The Morgan fingerprint density at radius 3 is 2.67 bits per heavy atom. The maximum atomic E-state index is 14.1. The third-order valence-electron chi connectivity index (χ3n) is 5.84. The lowest BCUT2D eigenvalue weighted by Gasteiger charge is -2.23. The number of amides is 1. The summed E-state index contributed by atoms with van der Waals surface area (Å²) in [7, 11) is 1.32. The molecule has 2 aromatic heterocycles. The molecule has 4 aromatic rings. The summed E-state index contributed by atoms with van der Waals surface area (Å²) >= 11 is 0. The van der Waals surface area contributed by atoms with Gasteiger partial charge in [0.05, 0.1) is 41.9 Å². The number of alkyl halides is 3. The summed E-state index contributed by atoms with van der Waals surface area (Å²) in [5, 5.41) is 11.7. The van der Waals surface area contributed by atoms with E-state index in [2.05, 4.69) is 20.3 Å². The lowest BCUT2D eigenvalue weighted by molar-refractivity contribution is -0.137. The second-order valence-electron chi connectivity index (χ2n) is 7.98. The van der Waals surface area contributed by atoms with Crippen LogP contribution in [0.2, 0.25) is 0 Å². The molecule has 0 N–H and O–H groups in total. The van der Waals surface area contributed by atoms with Gasteiger partial charge in [0.15, 0.2) is 11.6 Å². The first-order valence-corrected chi connectivity index (χ1v) is 10.8. The molecule has 1 saturated heterocycles. The predicted octanol–water partition coefficient (Wildman–Crippen LogP) is 4.46. The number of nitrogens with zero attached hydrogens (tertiary/aromatic N) is 6. The average Bonchev–Trinajstić information content (AvgIpc) is 3.64. The highest BCUT2D eigenvalue weighted by Gasteiger charge is 2.37. The first-order valence-electron chi connectivity index (χ1n) is 10.8. The van der Waals surface area contributed by atoms with E-state index in [9.17, 15) is 22.4 Å². The zero-order chi connectivity index (χ0) is 25.4. The fourth-order valence-electron chi connectivity index (χ4n) is 4.19. The smallest absolute Gasteiger partial charge is 0.416 e.